The van der Waals surface area contributed by atoms with E-state index < -0.39 is 20.0 Å². The number of phosphoric ester groups is 1. The van der Waals surface area contributed by atoms with Crippen LogP contribution in [-0.2, 0) is 27.9 Å². The molecule has 0 aromatic rings. The Balaban J connectivity index is 5.32. The summed E-state index contributed by atoms with van der Waals surface area (Å²) in [6, 6.07) is -0.879. The van der Waals surface area contributed by atoms with Gasteiger partial charge in [0, 0.05) is 12.8 Å². The van der Waals surface area contributed by atoms with E-state index in [-0.39, 0.29) is 31.5 Å². The van der Waals surface area contributed by atoms with Gasteiger partial charge in [0.05, 0.1) is 33.8 Å². The van der Waals surface area contributed by atoms with E-state index in [1.54, 1.807) is 0 Å². The molecular weight excluding hydrogens is 1010 g/mol. The standard InChI is InChI=1S/C70H121N2O7P/c1-7-10-13-16-19-22-25-28-30-32-34-36-38-40-42-44-47-50-53-56-59-62-69(73)71-67(66-78-80(75,76)77-65-64-72(4,5)6)68(61-58-55-52-49-46-27-24-21-18-15-12-9-3)79-70(74)63-60-57-54-51-48-45-43-41-39-37-35-33-31-29-26-23-20-17-14-11-8-2/h11,14,19-20,22-23,28-31,34-37,41,43,48,51,58,61,67-68H,7-10,12-13,15-18,21,24-27,32-33,38-40,42,44-47,49-50,52-57,59-60,62-66H2,1-6H3,(H-,71,73,75,76)/p+1/b14-11-,22-19-,23-20-,30-28-,31-29-,36-34-,37-35-,43-41-,51-48-,61-58+. The molecular formula is C70H122N2O7P+. The number of carbonyl (C=O) groups excluding carboxylic acids is 2. The smallest absolute Gasteiger partial charge is 0.456 e. The van der Waals surface area contributed by atoms with Crippen molar-refractivity contribution in [2.24, 2.45) is 0 Å². The second kappa shape index (κ2) is 58.6. The van der Waals surface area contributed by atoms with Crippen LogP contribution in [0.25, 0.3) is 0 Å². The van der Waals surface area contributed by atoms with Crippen LogP contribution in [0.4, 0.5) is 0 Å². The number of amides is 1. The fourth-order valence-electron chi connectivity index (χ4n) is 8.66. The Morgan fingerprint density at radius 2 is 0.800 bits per heavy atom. The van der Waals surface area contributed by atoms with Crippen molar-refractivity contribution in [2.75, 3.05) is 40.9 Å². The molecule has 2 N–H and O–H groups in total. The quantitative estimate of drug-likeness (QED) is 0.0205. The lowest BCUT2D eigenvalue weighted by Crippen LogP contribution is -2.47. The minimum Gasteiger partial charge on any atom is -0.456 e. The summed E-state index contributed by atoms with van der Waals surface area (Å²) in [5.74, 6) is -0.570. The SMILES string of the molecule is CC/C=C\C/C=C\C/C=C\C/C=C\C/C=C\C/C=C\CCCCC(=O)OC(/C=C/CCCCCCCCCCCC)C(COP(=O)(O)OCC[N+](C)(C)C)NC(=O)CCCCCCCCCC/C=C\C/C=C\C/C=C\CCCCC. The molecule has 0 aliphatic heterocycles. The van der Waals surface area contributed by atoms with Crippen molar-refractivity contribution >= 4 is 19.7 Å². The third-order valence-corrected chi connectivity index (χ3v) is 14.6. The molecule has 3 atom stereocenters. The van der Waals surface area contributed by atoms with Crippen LogP contribution in [0.5, 0.6) is 0 Å². The summed E-state index contributed by atoms with van der Waals surface area (Å²) in [7, 11) is 1.45. The Kier molecular flexibility index (Phi) is 56.0. The molecule has 0 rings (SSSR count). The molecule has 0 aromatic carbocycles. The first-order valence-corrected chi connectivity index (χ1v) is 33.9. The van der Waals surface area contributed by atoms with Crippen molar-refractivity contribution in [1.82, 2.24) is 5.32 Å². The number of allylic oxidation sites excluding steroid dienone is 19. The highest BCUT2D eigenvalue weighted by Crippen LogP contribution is 2.43. The molecule has 0 heterocycles. The van der Waals surface area contributed by atoms with Gasteiger partial charge in [-0.1, -0.05) is 245 Å². The molecule has 0 bridgehead atoms. The Bertz CT molecular complexity index is 1780. The molecule has 80 heavy (non-hydrogen) atoms. The molecule has 9 nitrogen and oxygen atoms in total. The highest BCUT2D eigenvalue weighted by molar-refractivity contribution is 7.47. The topological polar surface area (TPSA) is 111 Å². The number of quaternary nitrogens is 1. The molecule has 458 valence electrons. The largest absolute Gasteiger partial charge is 0.472 e. The molecule has 10 heteroatoms. The first-order chi connectivity index (χ1) is 38.9. The molecule has 0 aliphatic rings. The van der Waals surface area contributed by atoms with Gasteiger partial charge in [-0.3, -0.25) is 18.6 Å². The Morgan fingerprint density at radius 3 is 1.24 bits per heavy atom. The summed E-state index contributed by atoms with van der Waals surface area (Å²) >= 11 is 0. The fourth-order valence-corrected chi connectivity index (χ4v) is 9.39. The molecule has 1 amide bonds. The third-order valence-electron chi connectivity index (χ3n) is 13.6. The van der Waals surface area contributed by atoms with E-state index in [0.717, 1.165) is 116 Å². The number of likely N-dealkylation sites (N-methyl/N-ethyl adjacent to an activating group) is 1. The van der Waals surface area contributed by atoms with E-state index >= 15 is 0 Å². The maximum absolute atomic E-state index is 13.6. The van der Waals surface area contributed by atoms with E-state index in [2.05, 4.69) is 135 Å². The predicted molar refractivity (Wildman–Crippen MR) is 346 cm³/mol. The zero-order valence-corrected chi connectivity index (χ0v) is 53.2. The molecule has 0 fully saturated rings. The molecule has 0 aromatic heterocycles. The summed E-state index contributed by atoms with van der Waals surface area (Å²) in [6.45, 7) is 6.83. The Labute approximate surface area is 493 Å². The highest BCUT2D eigenvalue weighted by atomic mass is 31.2. The van der Waals surface area contributed by atoms with Crippen LogP contribution in [0.2, 0.25) is 0 Å². The van der Waals surface area contributed by atoms with Crippen molar-refractivity contribution in [3.63, 3.8) is 0 Å². The number of hydrogen-bond donors (Lipinski definition) is 2. The van der Waals surface area contributed by atoms with Crippen LogP contribution in [-0.4, -0.2) is 74.3 Å². The number of nitrogens with zero attached hydrogens (tertiary/aromatic N) is 1. The van der Waals surface area contributed by atoms with Crippen molar-refractivity contribution in [3.05, 3.63) is 122 Å². The maximum Gasteiger partial charge on any atom is 0.472 e. The van der Waals surface area contributed by atoms with Crippen molar-refractivity contribution in [3.8, 4) is 0 Å². The third kappa shape index (κ3) is 59.0. The normalized spacial score (nSPS) is 14.4. The number of hydrogen-bond acceptors (Lipinski definition) is 6. The van der Waals surface area contributed by atoms with Gasteiger partial charge >= 0.3 is 13.8 Å². The van der Waals surface area contributed by atoms with Crippen molar-refractivity contribution in [1.29, 1.82) is 0 Å². The van der Waals surface area contributed by atoms with Gasteiger partial charge in [-0.25, -0.2) is 4.57 Å². The number of ether oxygens (including phenoxy) is 1. The zero-order valence-electron chi connectivity index (χ0n) is 52.3. The van der Waals surface area contributed by atoms with Gasteiger partial charge in [-0.15, -0.1) is 0 Å². The van der Waals surface area contributed by atoms with E-state index in [1.165, 1.54) is 103 Å². The summed E-state index contributed by atoms with van der Waals surface area (Å²) < 4.78 is 30.7. The Hall–Kier alpha value is -3.59. The summed E-state index contributed by atoms with van der Waals surface area (Å²) in [5, 5.41) is 3.04. The second-order valence-electron chi connectivity index (χ2n) is 22.5. The van der Waals surface area contributed by atoms with Gasteiger partial charge in [0.15, 0.2) is 0 Å². The minimum atomic E-state index is -4.47. The molecule has 0 spiro atoms. The van der Waals surface area contributed by atoms with E-state index in [9.17, 15) is 19.0 Å². The maximum atomic E-state index is 13.6. The van der Waals surface area contributed by atoms with Gasteiger partial charge in [0.25, 0.3) is 0 Å². The van der Waals surface area contributed by atoms with E-state index in [1.807, 2.05) is 33.3 Å². The number of unbranched alkanes of at least 4 members (excludes halogenated alkanes) is 23. The number of carbonyl (C=O) groups is 2. The van der Waals surface area contributed by atoms with Crippen LogP contribution >= 0.6 is 7.82 Å². The van der Waals surface area contributed by atoms with E-state index in [0.29, 0.717) is 23.9 Å². The van der Waals surface area contributed by atoms with Gasteiger partial charge < -0.3 is 19.4 Å². The summed E-state index contributed by atoms with van der Waals surface area (Å²) in [6.07, 6.45) is 82.0. The van der Waals surface area contributed by atoms with Gasteiger partial charge in [0.1, 0.15) is 19.3 Å². The lowest BCUT2D eigenvalue weighted by Gasteiger charge is -2.27. The van der Waals surface area contributed by atoms with Crippen LogP contribution in [0.3, 0.4) is 0 Å². The van der Waals surface area contributed by atoms with Crippen LogP contribution in [0.15, 0.2) is 122 Å². The monoisotopic (exact) mass is 1130 g/mol. The van der Waals surface area contributed by atoms with Crippen LogP contribution in [0, 0.1) is 0 Å². The van der Waals surface area contributed by atoms with Gasteiger partial charge in [-0.05, 0) is 122 Å². The molecule has 0 aliphatic carbocycles. The average Bonchev–Trinajstić information content (AvgIpc) is 3.42. The van der Waals surface area contributed by atoms with Crippen molar-refractivity contribution in [2.45, 2.75) is 270 Å². The van der Waals surface area contributed by atoms with Crippen LogP contribution < -0.4 is 5.32 Å². The summed E-state index contributed by atoms with van der Waals surface area (Å²) in [4.78, 5) is 37.8. The molecule has 0 saturated heterocycles. The zero-order chi connectivity index (χ0) is 58.6. The second-order valence-corrected chi connectivity index (χ2v) is 24.0. The molecule has 3 unspecified atom stereocenters. The van der Waals surface area contributed by atoms with Crippen molar-refractivity contribution < 1.29 is 37.3 Å². The van der Waals surface area contributed by atoms with Gasteiger partial charge in [-0.2, -0.15) is 0 Å². The first kappa shape index (κ1) is 76.4. The number of nitrogens with one attached hydrogen (secondary N) is 1. The summed E-state index contributed by atoms with van der Waals surface area (Å²) in [5.41, 5.74) is 0. The lowest BCUT2D eigenvalue weighted by molar-refractivity contribution is -0.870. The first-order valence-electron chi connectivity index (χ1n) is 32.4. The number of esters is 1. The van der Waals surface area contributed by atoms with Crippen LogP contribution in [0.1, 0.15) is 258 Å². The lowest BCUT2D eigenvalue weighted by atomic mass is 10.0. The van der Waals surface area contributed by atoms with E-state index in [4.69, 9.17) is 13.8 Å². The van der Waals surface area contributed by atoms with Gasteiger partial charge in [0.2, 0.25) is 5.91 Å². The minimum absolute atomic E-state index is 0.0251. The molecule has 0 radical (unpaired) electrons. The molecule has 0 saturated carbocycles. The number of phosphoric acid groups is 1. The highest BCUT2D eigenvalue weighted by Gasteiger charge is 2.30. The fraction of sp³-hybridized carbons (Fsp3) is 0.686. The predicted octanol–water partition coefficient (Wildman–Crippen LogP) is 20.3. The average molecular weight is 1130 g/mol. The Morgan fingerprint density at radius 1 is 0.450 bits per heavy atom. The number of rotatable bonds is 57.